The van der Waals surface area contributed by atoms with Crippen molar-refractivity contribution in [3.05, 3.63) is 29.6 Å². The minimum Gasteiger partial charge on any atom is -0.389 e. The van der Waals surface area contributed by atoms with Crippen LogP contribution in [0.3, 0.4) is 0 Å². The summed E-state index contributed by atoms with van der Waals surface area (Å²) < 4.78 is 0. The molecule has 0 spiro atoms. The van der Waals surface area contributed by atoms with Gasteiger partial charge >= 0.3 is 0 Å². The van der Waals surface area contributed by atoms with E-state index in [1.807, 2.05) is 25.2 Å². The summed E-state index contributed by atoms with van der Waals surface area (Å²) >= 11 is 0. The molecular weight excluding hydrogens is 314 g/mol. The molecule has 5 nitrogen and oxygen atoms in total. The summed E-state index contributed by atoms with van der Waals surface area (Å²) in [7, 11) is 4.09. The number of nitrogens with zero attached hydrogens (tertiary/aromatic N) is 3. The van der Waals surface area contributed by atoms with Crippen LogP contribution in [0.4, 0.5) is 0 Å². The zero-order chi connectivity index (χ0) is 17.9. The van der Waals surface area contributed by atoms with E-state index in [2.05, 4.69) is 22.0 Å². The molecule has 2 fully saturated rings. The molecule has 1 aliphatic heterocycles. The third kappa shape index (κ3) is 4.59. The second kappa shape index (κ2) is 7.83. The van der Waals surface area contributed by atoms with E-state index < -0.39 is 5.60 Å². The van der Waals surface area contributed by atoms with Gasteiger partial charge in [0, 0.05) is 19.3 Å². The number of carbonyl (C=O) groups is 1. The molecule has 1 saturated heterocycles. The molecule has 2 heterocycles. The summed E-state index contributed by atoms with van der Waals surface area (Å²) in [6.07, 6.45) is 8.91. The van der Waals surface area contributed by atoms with Crippen molar-refractivity contribution in [1.29, 1.82) is 0 Å². The standard InChI is InChI=1S/C20H31N3O2/c1-22(2)15-16-8-9-17(21-14-16)18-7-6-12-23(18)19(24)13-20(25)10-4-3-5-11-20/h8-9,14,18,25H,3-7,10-13,15H2,1-2H3/t18-/m0/s1. The summed E-state index contributed by atoms with van der Waals surface area (Å²) in [6.45, 7) is 1.65. The summed E-state index contributed by atoms with van der Waals surface area (Å²) in [5.41, 5.74) is 1.37. The SMILES string of the molecule is CN(C)Cc1ccc([C@@H]2CCCN2C(=O)CC2(O)CCCCC2)nc1. The Labute approximate surface area is 151 Å². The van der Waals surface area contributed by atoms with Crippen molar-refractivity contribution in [3.8, 4) is 0 Å². The van der Waals surface area contributed by atoms with Crippen molar-refractivity contribution in [2.45, 2.75) is 69.6 Å². The first-order chi connectivity index (χ1) is 12.0. The molecular formula is C20H31N3O2. The predicted octanol–water partition coefficient (Wildman–Crippen LogP) is 2.89. The van der Waals surface area contributed by atoms with Gasteiger partial charge in [-0.25, -0.2) is 0 Å². The van der Waals surface area contributed by atoms with E-state index in [0.717, 1.165) is 57.3 Å². The number of amides is 1. The van der Waals surface area contributed by atoms with Gasteiger partial charge < -0.3 is 14.9 Å². The van der Waals surface area contributed by atoms with Crippen LogP contribution in [0, 0.1) is 0 Å². The van der Waals surface area contributed by atoms with Gasteiger partial charge in [-0.05, 0) is 51.4 Å². The average Bonchev–Trinajstić information content (AvgIpc) is 3.05. The summed E-state index contributed by atoms with van der Waals surface area (Å²) in [4.78, 5) is 21.5. The van der Waals surface area contributed by atoms with E-state index in [1.54, 1.807) is 0 Å². The van der Waals surface area contributed by atoms with Gasteiger partial charge in [-0.1, -0.05) is 25.3 Å². The normalized spacial score (nSPS) is 23.2. The zero-order valence-corrected chi connectivity index (χ0v) is 15.6. The van der Waals surface area contributed by atoms with Crippen LogP contribution in [0.25, 0.3) is 0 Å². The molecule has 1 aromatic heterocycles. The monoisotopic (exact) mass is 345 g/mol. The van der Waals surface area contributed by atoms with E-state index in [-0.39, 0.29) is 18.4 Å². The minimum atomic E-state index is -0.786. The van der Waals surface area contributed by atoms with Crippen LogP contribution in [-0.2, 0) is 11.3 Å². The third-order valence-corrected chi connectivity index (χ3v) is 5.53. The number of aromatic nitrogens is 1. The Kier molecular flexibility index (Phi) is 5.74. The van der Waals surface area contributed by atoms with Crippen molar-refractivity contribution in [1.82, 2.24) is 14.8 Å². The van der Waals surface area contributed by atoms with Crippen LogP contribution in [0.15, 0.2) is 18.3 Å². The van der Waals surface area contributed by atoms with E-state index in [9.17, 15) is 9.90 Å². The van der Waals surface area contributed by atoms with Crippen molar-refractivity contribution in [2.75, 3.05) is 20.6 Å². The summed E-state index contributed by atoms with van der Waals surface area (Å²) in [6, 6.07) is 4.23. The fourth-order valence-electron chi connectivity index (χ4n) is 4.23. The number of rotatable bonds is 5. The van der Waals surface area contributed by atoms with E-state index >= 15 is 0 Å². The second-order valence-electron chi connectivity index (χ2n) is 8.04. The lowest BCUT2D eigenvalue weighted by molar-refractivity contribution is -0.138. The van der Waals surface area contributed by atoms with Crippen molar-refractivity contribution in [2.24, 2.45) is 0 Å². The van der Waals surface area contributed by atoms with Crippen LogP contribution < -0.4 is 0 Å². The topological polar surface area (TPSA) is 56.7 Å². The smallest absolute Gasteiger partial charge is 0.226 e. The molecule has 1 aliphatic carbocycles. The highest BCUT2D eigenvalue weighted by atomic mass is 16.3. The van der Waals surface area contributed by atoms with E-state index in [1.165, 1.54) is 12.0 Å². The molecule has 1 N–H and O–H groups in total. The molecule has 2 aliphatic rings. The third-order valence-electron chi connectivity index (χ3n) is 5.53. The first kappa shape index (κ1) is 18.3. The Balaban J connectivity index is 1.66. The summed E-state index contributed by atoms with van der Waals surface area (Å²) in [5.74, 6) is 0.0890. The largest absolute Gasteiger partial charge is 0.389 e. The molecule has 0 radical (unpaired) electrons. The molecule has 138 valence electrons. The maximum atomic E-state index is 12.8. The molecule has 1 amide bonds. The van der Waals surface area contributed by atoms with E-state index in [4.69, 9.17) is 0 Å². The van der Waals surface area contributed by atoms with Crippen LogP contribution in [-0.4, -0.2) is 52.0 Å². The van der Waals surface area contributed by atoms with Crippen molar-refractivity contribution >= 4 is 5.91 Å². The van der Waals surface area contributed by atoms with Gasteiger partial charge in [-0.15, -0.1) is 0 Å². The summed E-state index contributed by atoms with van der Waals surface area (Å²) in [5, 5.41) is 10.7. The quantitative estimate of drug-likeness (QED) is 0.891. The van der Waals surface area contributed by atoms with Gasteiger partial charge in [0.1, 0.15) is 0 Å². The molecule has 0 bridgehead atoms. The van der Waals surface area contributed by atoms with Crippen LogP contribution in [0.2, 0.25) is 0 Å². The zero-order valence-electron chi connectivity index (χ0n) is 15.6. The molecule has 3 rings (SSSR count). The number of pyridine rings is 1. The molecule has 1 atom stereocenters. The molecule has 0 unspecified atom stereocenters. The lowest BCUT2D eigenvalue weighted by Gasteiger charge is -2.34. The molecule has 25 heavy (non-hydrogen) atoms. The Morgan fingerprint density at radius 1 is 1.28 bits per heavy atom. The lowest BCUT2D eigenvalue weighted by Crippen LogP contribution is -2.40. The van der Waals surface area contributed by atoms with E-state index in [0.29, 0.717) is 0 Å². The van der Waals surface area contributed by atoms with Crippen LogP contribution >= 0.6 is 0 Å². The van der Waals surface area contributed by atoms with Gasteiger partial charge in [-0.2, -0.15) is 0 Å². The lowest BCUT2D eigenvalue weighted by atomic mass is 9.82. The van der Waals surface area contributed by atoms with Gasteiger partial charge in [0.15, 0.2) is 0 Å². The van der Waals surface area contributed by atoms with Gasteiger partial charge in [0.2, 0.25) is 5.91 Å². The fourth-order valence-corrected chi connectivity index (χ4v) is 4.23. The second-order valence-corrected chi connectivity index (χ2v) is 8.04. The Morgan fingerprint density at radius 2 is 2.04 bits per heavy atom. The molecule has 1 saturated carbocycles. The fraction of sp³-hybridized carbons (Fsp3) is 0.700. The Hall–Kier alpha value is -1.46. The Morgan fingerprint density at radius 3 is 2.68 bits per heavy atom. The van der Waals surface area contributed by atoms with Crippen molar-refractivity contribution in [3.63, 3.8) is 0 Å². The van der Waals surface area contributed by atoms with Crippen LogP contribution in [0.1, 0.15) is 68.7 Å². The number of aliphatic hydroxyl groups is 1. The highest BCUT2D eigenvalue weighted by molar-refractivity contribution is 5.78. The molecule has 5 heteroatoms. The van der Waals surface area contributed by atoms with Gasteiger partial charge in [-0.3, -0.25) is 9.78 Å². The first-order valence-corrected chi connectivity index (χ1v) is 9.58. The molecule has 1 aromatic rings. The van der Waals surface area contributed by atoms with Crippen molar-refractivity contribution < 1.29 is 9.90 Å². The Bertz CT molecular complexity index is 579. The minimum absolute atomic E-state index is 0.0631. The number of likely N-dealkylation sites (tertiary alicyclic amines) is 1. The highest BCUT2D eigenvalue weighted by Crippen LogP contribution is 2.35. The number of hydrogen-bond donors (Lipinski definition) is 1. The number of hydrogen-bond acceptors (Lipinski definition) is 4. The predicted molar refractivity (Wildman–Crippen MR) is 98.0 cm³/mol. The van der Waals surface area contributed by atoms with Gasteiger partial charge in [0.05, 0.1) is 23.8 Å². The number of carbonyl (C=O) groups excluding carboxylic acids is 1. The van der Waals surface area contributed by atoms with Gasteiger partial charge in [0.25, 0.3) is 0 Å². The molecule has 0 aromatic carbocycles. The highest BCUT2D eigenvalue weighted by Gasteiger charge is 2.37. The average molecular weight is 345 g/mol. The first-order valence-electron chi connectivity index (χ1n) is 9.58. The van der Waals surface area contributed by atoms with Crippen LogP contribution in [0.5, 0.6) is 0 Å². The maximum Gasteiger partial charge on any atom is 0.226 e. The maximum absolute atomic E-state index is 12.8.